The van der Waals surface area contributed by atoms with Crippen LogP contribution in [0.15, 0.2) is 24.3 Å². The Balaban J connectivity index is 2.38. The summed E-state index contributed by atoms with van der Waals surface area (Å²) in [5, 5.41) is 0. The van der Waals surface area contributed by atoms with E-state index < -0.39 is 0 Å². The third kappa shape index (κ3) is 5.31. The first-order chi connectivity index (χ1) is 8.27. The fourth-order valence-corrected chi connectivity index (χ4v) is 2.14. The summed E-state index contributed by atoms with van der Waals surface area (Å²) < 4.78 is 13.5. The number of unbranched alkanes of at least 4 members (excludes halogenated alkanes) is 3. The largest absolute Gasteiger partial charge is 0.330 e. The lowest BCUT2D eigenvalue weighted by Crippen LogP contribution is -2.17. The van der Waals surface area contributed by atoms with Crippen molar-refractivity contribution in [2.75, 3.05) is 6.54 Å². The van der Waals surface area contributed by atoms with E-state index in [0.29, 0.717) is 12.5 Å². The molecule has 1 unspecified atom stereocenters. The number of rotatable bonds is 8. The smallest absolute Gasteiger partial charge is 0.126 e. The van der Waals surface area contributed by atoms with E-state index in [9.17, 15) is 4.39 Å². The van der Waals surface area contributed by atoms with Crippen molar-refractivity contribution in [3.8, 4) is 0 Å². The third-order valence-corrected chi connectivity index (χ3v) is 3.27. The fraction of sp³-hybridized carbons (Fsp3) is 0.600. The van der Waals surface area contributed by atoms with Gasteiger partial charge in [-0.3, -0.25) is 0 Å². The van der Waals surface area contributed by atoms with Gasteiger partial charge in [0.05, 0.1) is 0 Å². The van der Waals surface area contributed by atoms with Crippen LogP contribution in [0.25, 0.3) is 0 Å². The van der Waals surface area contributed by atoms with Gasteiger partial charge in [0.25, 0.3) is 0 Å². The zero-order valence-electron chi connectivity index (χ0n) is 10.8. The van der Waals surface area contributed by atoms with E-state index in [4.69, 9.17) is 5.73 Å². The molecule has 2 N–H and O–H groups in total. The van der Waals surface area contributed by atoms with Gasteiger partial charge in [-0.05, 0) is 36.9 Å². The minimum absolute atomic E-state index is 0.0977. The Bertz CT molecular complexity index is 312. The highest BCUT2D eigenvalue weighted by Gasteiger charge is 2.10. The van der Waals surface area contributed by atoms with Crippen LogP contribution in [-0.4, -0.2) is 6.54 Å². The summed E-state index contributed by atoms with van der Waals surface area (Å²) in [5.41, 5.74) is 6.57. The molecule has 0 saturated heterocycles. The first kappa shape index (κ1) is 14.2. The van der Waals surface area contributed by atoms with Crippen LogP contribution in [0.2, 0.25) is 0 Å². The van der Waals surface area contributed by atoms with Crippen molar-refractivity contribution in [2.24, 2.45) is 11.7 Å². The van der Waals surface area contributed by atoms with Gasteiger partial charge >= 0.3 is 0 Å². The van der Waals surface area contributed by atoms with E-state index >= 15 is 0 Å². The summed E-state index contributed by atoms with van der Waals surface area (Å²) in [6.07, 6.45) is 6.91. The van der Waals surface area contributed by atoms with Crippen LogP contribution in [0.4, 0.5) is 4.39 Å². The summed E-state index contributed by atoms with van der Waals surface area (Å²) in [7, 11) is 0. The molecule has 0 saturated carbocycles. The molecule has 0 radical (unpaired) electrons. The van der Waals surface area contributed by atoms with Gasteiger partial charge in [-0.2, -0.15) is 0 Å². The van der Waals surface area contributed by atoms with Crippen molar-refractivity contribution in [3.05, 3.63) is 35.6 Å². The monoisotopic (exact) mass is 237 g/mol. The second-order valence-electron chi connectivity index (χ2n) is 4.75. The Kier molecular flexibility index (Phi) is 6.87. The molecule has 0 amide bonds. The van der Waals surface area contributed by atoms with Gasteiger partial charge < -0.3 is 5.73 Å². The number of halogens is 1. The summed E-state index contributed by atoms with van der Waals surface area (Å²) in [4.78, 5) is 0. The molecule has 0 fully saturated rings. The standard InChI is InChI=1S/C15H24FN/c1-2-3-4-5-8-13(12-17)11-14-9-6-7-10-15(14)16/h6-7,9-10,13H,2-5,8,11-12,17H2,1H3. The highest BCUT2D eigenvalue weighted by atomic mass is 19.1. The molecule has 1 aromatic carbocycles. The highest BCUT2D eigenvalue weighted by Crippen LogP contribution is 2.17. The number of hydrogen-bond acceptors (Lipinski definition) is 1. The zero-order valence-corrected chi connectivity index (χ0v) is 10.8. The van der Waals surface area contributed by atoms with Crippen molar-refractivity contribution in [2.45, 2.75) is 45.4 Å². The molecule has 0 aromatic heterocycles. The average molecular weight is 237 g/mol. The lowest BCUT2D eigenvalue weighted by atomic mass is 9.93. The van der Waals surface area contributed by atoms with Crippen LogP contribution in [0.3, 0.4) is 0 Å². The third-order valence-electron chi connectivity index (χ3n) is 3.27. The van der Waals surface area contributed by atoms with Crippen LogP contribution in [0, 0.1) is 11.7 Å². The Hall–Kier alpha value is -0.890. The Morgan fingerprint density at radius 1 is 1.18 bits per heavy atom. The molecular formula is C15H24FN. The maximum atomic E-state index is 13.5. The van der Waals surface area contributed by atoms with Crippen molar-refractivity contribution < 1.29 is 4.39 Å². The van der Waals surface area contributed by atoms with Gasteiger partial charge in [0.1, 0.15) is 5.82 Å². The summed E-state index contributed by atoms with van der Waals surface area (Å²) in [5.74, 6) is 0.322. The fourth-order valence-electron chi connectivity index (χ4n) is 2.14. The van der Waals surface area contributed by atoms with Crippen molar-refractivity contribution in [1.82, 2.24) is 0 Å². The van der Waals surface area contributed by atoms with Crippen molar-refractivity contribution in [1.29, 1.82) is 0 Å². The van der Waals surface area contributed by atoms with E-state index in [2.05, 4.69) is 6.92 Å². The van der Waals surface area contributed by atoms with Gasteiger partial charge in [-0.15, -0.1) is 0 Å². The molecule has 17 heavy (non-hydrogen) atoms. The minimum atomic E-state index is -0.0977. The van der Waals surface area contributed by atoms with Gasteiger partial charge in [-0.25, -0.2) is 4.39 Å². The Morgan fingerprint density at radius 3 is 2.59 bits per heavy atom. The molecule has 0 aliphatic carbocycles. The second kappa shape index (κ2) is 8.24. The Labute approximate surface area is 104 Å². The number of benzene rings is 1. The van der Waals surface area contributed by atoms with E-state index in [-0.39, 0.29) is 5.82 Å². The molecule has 1 aromatic rings. The van der Waals surface area contributed by atoms with Gasteiger partial charge in [0.15, 0.2) is 0 Å². The molecule has 0 spiro atoms. The molecule has 0 aliphatic heterocycles. The molecular weight excluding hydrogens is 213 g/mol. The first-order valence-corrected chi connectivity index (χ1v) is 6.71. The van der Waals surface area contributed by atoms with Crippen LogP contribution in [-0.2, 0) is 6.42 Å². The number of nitrogens with two attached hydrogens (primary N) is 1. The van der Waals surface area contributed by atoms with Crippen molar-refractivity contribution >= 4 is 0 Å². The first-order valence-electron chi connectivity index (χ1n) is 6.71. The van der Waals surface area contributed by atoms with E-state index in [1.165, 1.54) is 31.7 Å². The maximum Gasteiger partial charge on any atom is 0.126 e. The topological polar surface area (TPSA) is 26.0 Å². The van der Waals surface area contributed by atoms with E-state index in [1.807, 2.05) is 12.1 Å². The summed E-state index contributed by atoms with van der Waals surface area (Å²) in [6.45, 7) is 2.86. The molecule has 0 bridgehead atoms. The quantitative estimate of drug-likeness (QED) is 0.681. The molecule has 2 heteroatoms. The highest BCUT2D eigenvalue weighted by molar-refractivity contribution is 5.17. The molecule has 1 nitrogen and oxygen atoms in total. The summed E-state index contributed by atoms with van der Waals surface area (Å²) in [6, 6.07) is 7.02. The van der Waals surface area contributed by atoms with Gasteiger partial charge in [-0.1, -0.05) is 50.8 Å². The molecule has 1 atom stereocenters. The molecule has 0 aliphatic rings. The Morgan fingerprint density at radius 2 is 1.94 bits per heavy atom. The SMILES string of the molecule is CCCCCCC(CN)Cc1ccccc1F. The second-order valence-corrected chi connectivity index (χ2v) is 4.75. The zero-order chi connectivity index (χ0) is 12.5. The number of hydrogen-bond donors (Lipinski definition) is 1. The van der Waals surface area contributed by atoms with Crippen molar-refractivity contribution in [3.63, 3.8) is 0 Å². The van der Waals surface area contributed by atoms with Gasteiger partial charge in [0.2, 0.25) is 0 Å². The summed E-state index contributed by atoms with van der Waals surface area (Å²) >= 11 is 0. The maximum absolute atomic E-state index is 13.5. The predicted octanol–water partition coefficient (Wildman–Crippen LogP) is 3.91. The molecule has 1 rings (SSSR count). The molecule has 0 heterocycles. The van der Waals surface area contributed by atoms with Gasteiger partial charge in [0, 0.05) is 0 Å². The van der Waals surface area contributed by atoms with Crippen LogP contribution in [0.5, 0.6) is 0 Å². The average Bonchev–Trinajstić information content (AvgIpc) is 2.35. The van der Waals surface area contributed by atoms with Crippen LogP contribution >= 0.6 is 0 Å². The predicted molar refractivity (Wildman–Crippen MR) is 71.4 cm³/mol. The molecule has 96 valence electrons. The normalized spacial score (nSPS) is 12.6. The van der Waals surface area contributed by atoms with Crippen LogP contribution < -0.4 is 5.73 Å². The lowest BCUT2D eigenvalue weighted by molar-refractivity contribution is 0.451. The van der Waals surface area contributed by atoms with Crippen LogP contribution in [0.1, 0.15) is 44.6 Å². The lowest BCUT2D eigenvalue weighted by Gasteiger charge is -2.15. The van der Waals surface area contributed by atoms with E-state index in [1.54, 1.807) is 6.07 Å². The van der Waals surface area contributed by atoms with E-state index in [0.717, 1.165) is 18.4 Å². The minimum Gasteiger partial charge on any atom is -0.330 e.